The molecular weight excluding hydrogens is 316 g/mol. The number of likely N-dealkylation sites (tertiary alicyclic amines) is 1. The maximum atomic E-state index is 12.4. The number of piperidine rings is 1. The van der Waals surface area contributed by atoms with Crippen molar-refractivity contribution in [2.45, 2.75) is 83.7 Å². The second kappa shape index (κ2) is 10.5. The van der Waals surface area contributed by atoms with Crippen LogP contribution in [0.15, 0.2) is 0 Å². The van der Waals surface area contributed by atoms with Crippen LogP contribution >= 0.6 is 0 Å². The molecule has 144 valence electrons. The van der Waals surface area contributed by atoms with Gasteiger partial charge >= 0.3 is 12.1 Å². The Kier molecular flexibility index (Phi) is 8.35. The molecule has 2 fully saturated rings. The molecule has 0 aromatic heterocycles. The van der Waals surface area contributed by atoms with Gasteiger partial charge in [0.15, 0.2) is 0 Å². The van der Waals surface area contributed by atoms with Gasteiger partial charge in [-0.1, -0.05) is 26.2 Å². The van der Waals surface area contributed by atoms with Gasteiger partial charge in [-0.05, 0) is 51.4 Å². The van der Waals surface area contributed by atoms with Gasteiger partial charge in [-0.15, -0.1) is 0 Å². The Morgan fingerprint density at radius 2 is 1.76 bits per heavy atom. The average Bonchev–Trinajstić information content (AvgIpc) is 2.63. The molecule has 25 heavy (non-hydrogen) atoms. The SMILES string of the molecule is CC[C@H](C)NC(=O)NCCC1CCN(C(=O)NC2CCCCC2)CC1. The fourth-order valence-corrected chi connectivity index (χ4v) is 3.70. The maximum absolute atomic E-state index is 12.4. The molecular formula is C19H36N4O2. The van der Waals surface area contributed by atoms with E-state index < -0.39 is 0 Å². The molecule has 1 saturated heterocycles. The Hall–Kier alpha value is -1.46. The van der Waals surface area contributed by atoms with E-state index >= 15 is 0 Å². The zero-order valence-electron chi connectivity index (χ0n) is 16.0. The van der Waals surface area contributed by atoms with Crippen molar-refractivity contribution in [3.63, 3.8) is 0 Å². The second-order valence-corrected chi connectivity index (χ2v) is 7.71. The topological polar surface area (TPSA) is 73.5 Å². The molecule has 1 aliphatic heterocycles. The van der Waals surface area contributed by atoms with E-state index in [1.54, 1.807) is 0 Å². The minimum absolute atomic E-state index is 0.0707. The van der Waals surface area contributed by atoms with Crippen LogP contribution in [0.2, 0.25) is 0 Å². The smallest absolute Gasteiger partial charge is 0.317 e. The summed E-state index contributed by atoms with van der Waals surface area (Å²) in [6, 6.07) is 0.646. The Bertz CT molecular complexity index is 416. The van der Waals surface area contributed by atoms with Crippen LogP contribution in [0.4, 0.5) is 9.59 Å². The summed E-state index contributed by atoms with van der Waals surface area (Å²) in [4.78, 5) is 26.0. The van der Waals surface area contributed by atoms with Crippen LogP contribution in [0.5, 0.6) is 0 Å². The lowest BCUT2D eigenvalue weighted by atomic mass is 9.93. The standard InChI is InChI=1S/C19H36N4O2/c1-3-15(2)21-18(24)20-12-9-16-10-13-23(14-11-16)19(25)22-17-7-5-4-6-8-17/h15-17H,3-14H2,1-2H3,(H,22,25)(H2,20,21,24)/t15-/m0/s1. The molecule has 0 aromatic carbocycles. The number of nitrogens with one attached hydrogen (secondary N) is 3. The minimum Gasteiger partial charge on any atom is -0.338 e. The number of amides is 4. The van der Waals surface area contributed by atoms with E-state index in [1.165, 1.54) is 19.3 Å². The van der Waals surface area contributed by atoms with Gasteiger partial charge in [0, 0.05) is 31.7 Å². The van der Waals surface area contributed by atoms with Crippen LogP contribution in [-0.4, -0.2) is 48.7 Å². The molecule has 0 spiro atoms. The van der Waals surface area contributed by atoms with Crippen molar-refractivity contribution in [2.75, 3.05) is 19.6 Å². The van der Waals surface area contributed by atoms with Crippen LogP contribution < -0.4 is 16.0 Å². The van der Waals surface area contributed by atoms with E-state index in [2.05, 4.69) is 22.9 Å². The number of hydrogen-bond donors (Lipinski definition) is 3. The fraction of sp³-hybridized carbons (Fsp3) is 0.895. The first-order valence-corrected chi connectivity index (χ1v) is 10.2. The van der Waals surface area contributed by atoms with Gasteiger partial charge in [0.2, 0.25) is 0 Å². The summed E-state index contributed by atoms with van der Waals surface area (Å²) in [5, 5.41) is 9.06. The summed E-state index contributed by atoms with van der Waals surface area (Å²) in [6.07, 6.45) is 10.1. The molecule has 0 bridgehead atoms. The molecule has 4 amide bonds. The lowest BCUT2D eigenvalue weighted by Gasteiger charge is -2.34. The van der Waals surface area contributed by atoms with Crippen LogP contribution in [-0.2, 0) is 0 Å². The first-order chi connectivity index (χ1) is 12.1. The molecule has 1 aliphatic carbocycles. The van der Waals surface area contributed by atoms with E-state index in [1.807, 2.05) is 11.8 Å². The van der Waals surface area contributed by atoms with Crippen molar-refractivity contribution < 1.29 is 9.59 Å². The van der Waals surface area contributed by atoms with Crippen LogP contribution in [0.25, 0.3) is 0 Å². The third-order valence-electron chi connectivity index (χ3n) is 5.66. The molecule has 1 saturated carbocycles. The first kappa shape index (κ1) is 19.9. The normalized spacial score (nSPS) is 20.8. The predicted octanol–water partition coefficient (Wildman–Crippen LogP) is 3.23. The molecule has 0 radical (unpaired) electrons. The summed E-state index contributed by atoms with van der Waals surface area (Å²) in [5.74, 6) is 0.600. The molecule has 1 heterocycles. The Balaban J connectivity index is 1.57. The quantitative estimate of drug-likeness (QED) is 0.686. The molecule has 6 nitrogen and oxygen atoms in total. The molecule has 2 aliphatic rings. The lowest BCUT2D eigenvalue weighted by Crippen LogP contribution is -2.48. The van der Waals surface area contributed by atoms with Gasteiger partial charge in [0.05, 0.1) is 0 Å². The summed E-state index contributed by atoms with van der Waals surface area (Å²) in [6.45, 7) is 6.45. The zero-order chi connectivity index (χ0) is 18.1. The summed E-state index contributed by atoms with van der Waals surface area (Å²) in [5.41, 5.74) is 0. The second-order valence-electron chi connectivity index (χ2n) is 7.71. The maximum Gasteiger partial charge on any atom is 0.317 e. The highest BCUT2D eigenvalue weighted by atomic mass is 16.2. The van der Waals surface area contributed by atoms with Crippen molar-refractivity contribution in [2.24, 2.45) is 5.92 Å². The number of hydrogen-bond acceptors (Lipinski definition) is 2. The van der Waals surface area contributed by atoms with E-state index in [4.69, 9.17) is 0 Å². The third kappa shape index (κ3) is 7.12. The molecule has 3 N–H and O–H groups in total. The van der Waals surface area contributed by atoms with Gasteiger partial charge in [0.1, 0.15) is 0 Å². The van der Waals surface area contributed by atoms with E-state index in [-0.39, 0.29) is 18.1 Å². The van der Waals surface area contributed by atoms with Gasteiger partial charge in [-0.2, -0.15) is 0 Å². The van der Waals surface area contributed by atoms with Gasteiger partial charge in [-0.25, -0.2) is 9.59 Å². The van der Waals surface area contributed by atoms with Crippen molar-refractivity contribution in [3.8, 4) is 0 Å². The highest BCUT2D eigenvalue weighted by molar-refractivity contribution is 5.74. The summed E-state index contributed by atoms with van der Waals surface area (Å²) < 4.78 is 0. The number of carbonyl (C=O) groups excluding carboxylic acids is 2. The van der Waals surface area contributed by atoms with E-state index in [0.29, 0.717) is 18.5 Å². The number of rotatable bonds is 6. The highest BCUT2D eigenvalue weighted by Crippen LogP contribution is 2.21. The van der Waals surface area contributed by atoms with Crippen molar-refractivity contribution in [1.82, 2.24) is 20.9 Å². The largest absolute Gasteiger partial charge is 0.338 e. The average molecular weight is 353 g/mol. The van der Waals surface area contributed by atoms with Gasteiger partial charge in [0.25, 0.3) is 0 Å². The molecule has 2 rings (SSSR count). The Labute approximate surface area is 152 Å². The van der Waals surface area contributed by atoms with E-state index in [0.717, 1.165) is 51.6 Å². The predicted molar refractivity (Wildman–Crippen MR) is 101 cm³/mol. The monoisotopic (exact) mass is 352 g/mol. The fourth-order valence-electron chi connectivity index (χ4n) is 3.70. The van der Waals surface area contributed by atoms with Gasteiger partial charge in [-0.3, -0.25) is 0 Å². The highest BCUT2D eigenvalue weighted by Gasteiger charge is 2.24. The van der Waals surface area contributed by atoms with Gasteiger partial charge < -0.3 is 20.9 Å². The summed E-state index contributed by atoms with van der Waals surface area (Å²) in [7, 11) is 0. The first-order valence-electron chi connectivity index (χ1n) is 10.2. The van der Waals surface area contributed by atoms with Crippen molar-refractivity contribution in [1.29, 1.82) is 0 Å². The van der Waals surface area contributed by atoms with Crippen molar-refractivity contribution >= 4 is 12.1 Å². The molecule has 0 aromatic rings. The van der Waals surface area contributed by atoms with Crippen LogP contribution in [0.3, 0.4) is 0 Å². The zero-order valence-corrected chi connectivity index (χ0v) is 16.0. The van der Waals surface area contributed by atoms with Crippen molar-refractivity contribution in [3.05, 3.63) is 0 Å². The number of nitrogens with zero attached hydrogens (tertiary/aromatic N) is 1. The van der Waals surface area contributed by atoms with E-state index in [9.17, 15) is 9.59 Å². The van der Waals surface area contributed by atoms with Crippen LogP contribution in [0, 0.1) is 5.92 Å². The minimum atomic E-state index is -0.0707. The third-order valence-corrected chi connectivity index (χ3v) is 5.66. The molecule has 6 heteroatoms. The number of carbonyl (C=O) groups is 2. The Morgan fingerprint density at radius 1 is 1.08 bits per heavy atom. The molecule has 1 atom stereocenters. The lowest BCUT2D eigenvalue weighted by molar-refractivity contribution is 0.162. The summed E-state index contributed by atoms with van der Waals surface area (Å²) >= 11 is 0. The Morgan fingerprint density at radius 3 is 2.40 bits per heavy atom. The van der Waals surface area contributed by atoms with Crippen LogP contribution in [0.1, 0.15) is 71.6 Å². The molecule has 0 unspecified atom stereocenters. The number of urea groups is 2.